The van der Waals surface area contributed by atoms with Gasteiger partial charge in [-0.3, -0.25) is 0 Å². The van der Waals surface area contributed by atoms with E-state index in [1.807, 2.05) is 72.8 Å². The van der Waals surface area contributed by atoms with Crippen molar-refractivity contribution < 1.29 is 4.74 Å². The van der Waals surface area contributed by atoms with Crippen LogP contribution in [0.2, 0.25) is 0 Å². The Morgan fingerprint density at radius 2 is 1.78 bits per heavy atom. The standard InChI is InChI=1S/C29H26N6OS/c30-23-10-9-20-12-14-35(17-22(20)15-23)29-32-13-11-25(33-29)27-26(34-28(31)37-27)21-7-4-8-24(16-21)36-18-19-5-2-1-3-6-19/h1-11,13,15-16H,12,14,17-18,30H2,(H2,31,34). The van der Waals surface area contributed by atoms with Crippen LogP contribution in [-0.2, 0) is 19.6 Å². The first kappa shape index (κ1) is 23.0. The van der Waals surface area contributed by atoms with Gasteiger partial charge < -0.3 is 21.1 Å². The molecule has 0 amide bonds. The Morgan fingerprint density at radius 1 is 0.892 bits per heavy atom. The van der Waals surface area contributed by atoms with Gasteiger partial charge in [0, 0.05) is 30.5 Å². The van der Waals surface area contributed by atoms with Crippen LogP contribution in [0, 0.1) is 0 Å². The van der Waals surface area contributed by atoms with Crippen LogP contribution in [0.1, 0.15) is 16.7 Å². The first-order valence-electron chi connectivity index (χ1n) is 12.1. The number of hydrogen-bond donors (Lipinski definition) is 2. The lowest BCUT2D eigenvalue weighted by Crippen LogP contribution is -2.31. The van der Waals surface area contributed by atoms with Gasteiger partial charge >= 0.3 is 0 Å². The second-order valence-electron chi connectivity index (χ2n) is 8.97. The van der Waals surface area contributed by atoms with Gasteiger partial charge in [-0.2, -0.15) is 0 Å². The zero-order valence-corrected chi connectivity index (χ0v) is 21.0. The molecule has 0 unspecified atom stereocenters. The zero-order chi connectivity index (χ0) is 25.2. The highest BCUT2D eigenvalue weighted by Crippen LogP contribution is 2.38. The summed E-state index contributed by atoms with van der Waals surface area (Å²) in [6.07, 6.45) is 2.73. The van der Waals surface area contributed by atoms with Crippen molar-refractivity contribution in [2.24, 2.45) is 0 Å². The Hall–Kier alpha value is -4.43. The van der Waals surface area contributed by atoms with Crippen molar-refractivity contribution in [1.29, 1.82) is 0 Å². The predicted molar refractivity (Wildman–Crippen MR) is 149 cm³/mol. The number of aromatic nitrogens is 3. The molecule has 1 aliphatic heterocycles. The minimum absolute atomic E-state index is 0.489. The van der Waals surface area contributed by atoms with E-state index in [0.29, 0.717) is 17.7 Å². The predicted octanol–water partition coefficient (Wildman–Crippen LogP) is 5.57. The Labute approximate surface area is 219 Å². The summed E-state index contributed by atoms with van der Waals surface area (Å²) in [5, 5.41) is 0.489. The van der Waals surface area contributed by atoms with Gasteiger partial charge in [0.15, 0.2) is 5.13 Å². The van der Waals surface area contributed by atoms with Gasteiger partial charge in [0.1, 0.15) is 12.4 Å². The van der Waals surface area contributed by atoms with E-state index in [2.05, 4.69) is 20.9 Å². The maximum atomic E-state index is 6.19. The Morgan fingerprint density at radius 3 is 2.68 bits per heavy atom. The van der Waals surface area contributed by atoms with Crippen LogP contribution in [0.5, 0.6) is 5.75 Å². The fourth-order valence-electron chi connectivity index (χ4n) is 4.55. The maximum absolute atomic E-state index is 6.19. The van der Waals surface area contributed by atoms with Crippen LogP contribution in [0.4, 0.5) is 16.8 Å². The fraction of sp³-hybridized carbons (Fsp3) is 0.138. The molecule has 4 N–H and O–H groups in total. The summed E-state index contributed by atoms with van der Waals surface area (Å²) >= 11 is 1.42. The van der Waals surface area contributed by atoms with Gasteiger partial charge in [-0.1, -0.05) is 59.9 Å². The van der Waals surface area contributed by atoms with Crippen molar-refractivity contribution in [3.05, 3.63) is 102 Å². The van der Waals surface area contributed by atoms with Crippen LogP contribution in [-0.4, -0.2) is 21.5 Å². The van der Waals surface area contributed by atoms with E-state index in [0.717, 1.165) is 58.3 Å². The maximum Gasteiger partial charge on any atom is 0.226 e. The average Bonchev–Trinajstić information content (AvgIpc) is 3.34. The summed E-state index contributed by atoms with van der Waals surface area (Å²) in [6, 6.07) is 26.1. The molecule has 3 aromatic carbocycles. The van der Waals surface area contributed by atoms with Gasteiger partial charge in [0.25, 0.3) is 0 Å². The SMILES string of the molecule is Nc1ccc2c(c1)CN(c1nccc(-c3sc(N)nc3-c3cccc(OCc4ccccc4)c3)n1)CC2. The number of hydrogen-bond acceptors (Lipinski definition) is 8. The summed E-state index contributed by atoms with van der Waals surface area (Å²) < 4.78 is 6.05. The number of ether oxygens (including phenoxy) is 1. The van der Waals surface area contributed by atoms with Gasteiger partial charge in [-0.15, -0.1) is 0 Å². The molecule has 6 rings (SSSR count). The second kappa shape index (κ2) is 9.91. The molecule has 0 fully saturated rings. The number of anilines is 3. The topological polar surface area (TPSA) is 103 Å². The first-order chi connectivity index (χ1) is 18.1. The molecule has 0 atom stereocenters. The first-order valence-corrected chi connectivity index (χ1v) is 12.9. The average molecular weight is 507 g/mol. The molecule has 2 aromatic heterocycles. The lowest BCUT2D eigenvalue weighted by Gasteiger charge is -2.29. The van der Waals surface area contributed by atoms with Crippen molar-refractivity contribution in [3.8, 4) is 27.6 Å². The fourth-order valence-corrected chi connectivity index (χ4v) is 5.38. The normalized spacial score (nSPS) is 12.8. The monoisotopic (exact) mass is 506 g/mol. The van der Waals surface area contributed by atoms with Crippen molar-refractivity contribution in [2.45, 2.75) is 19.6 Å². The lowest BCUT2D eigenvalue weighted by molar-refractivity contribution is 0.306. The number of fused-ring (bicyclic) bond motifs is 1. The molecular weight excluding hydrogens is 480 g/mol. The number of nitrogens with two attached hydrogens (primary N) is 2. The van der Waals surface area contributed by atoms with Crippen molar-refractivity contribution in [2.75, 3.05) is 22.9 Å². The van der Waals surface area contributed by atoms with Crippen LogP contribution >= 0.6 is 11.3 Å². The van der Waals surface area contributed by atoms with Gasteiger partial charge in [0.2, 0.25) is 5.95 Å². The minimum Gasteiger partial charge on any atom is -0.489 e. The van der Waals surface area contributed by atoms with Gasteiger partial charge in [-0.25, -0.2) is 15.0 Å². The van der Waals surface area contributed by atoms with E-state index in [1.165, 1.54) is 22.5 Å². The molecule has 184 valence electrons. The van der Waals surface area contributed by atoms with Gasteiger partial charge in [0.05, 0.1) is 16.3 Å². The number of nitrogen functional groups attached to an aromatic ring is 2. The molecular formula is C29H26N6OS. The van der Waals surface area contributed by atoms with Gasteiger partial charge in [-0.05, 0) is 53.4 Å². The molecule has 3 heterocycles. The molecule has 0 saturated heterocycles. The summed E-state index contributed by atoms with van der Waals surface area (Å²) in [5.41, 5.74) is 19.1. The van der Waals surface area contributed by atoms with E-state index in [9.17, 15) is 0 Å². The van der Waals surface area contributed by atoms with E-state index >= 15 is 0 Å². The van der Waals surface area contributed by atoms with Crippen molar-refractivity contribution >= 4 is 28.1 Å². The van der Waals surface area contributed by atoms with E-state index in [1.54, 1.807) is 6.20 Å². The Balaban J connectivity index is 1.27. The van der Waals surface area contributed by atoms with E-state index in [-0.39, 0.29) is 0 Å². The second-order valence-corrected chi connectivity index (χ2v) is 10.0. The molecule has 7 nitrogen and oxygen atoms in total. The molecule has 0 aliphatic carbocycles. The highest BCUT2D eigenvalue weighted by molar-refractivity contribution is 7.19. The van der Waals surface area contributed by atoms with Crippen LogP contribution in [0.25, 0.3) is 21.8 Å². The molecule has 5 aromatic rings. The largest absolute Gasteiger partial charge is 0.489 e. The van der Waals surface area contributed by atoms with Crippen LogP contribution < -0.4 is 21.1 Å². The third-order valence-corrected chi connectivity index (χ3v) is 7.31. The van der Waals surface area contributed by atoms with Crippen LogP contribution in [0.15, 0.2) is 85.1 Å². The molecule has 1 aliphatic rings. The minimum atomic E-state index is 0.489. The number of nitrogens with zero attached hydrogens (tertiary/aromatic N) is 4. The molecule has 37 heavy (non-hydrogen) atoms. The molecule has 0 saturated carbocycles. The van der Waals surface area contributed by atoms with Crippen molar-refractivity contribution in [1.82, 2.24) is 15.0 Å². The van der Waals surface area contributed by atoms with Crippen molar-refractivity contribution in [3.63, 3.8) is 0 Å². The molecule has 8 heteroatoms. The molecule has 0 radical (unpaired) electrons. The third-order valence-electron chi connectivity index (χ3n) is 6.40. The number of rotatable bonds is 6. The smallest absolute Gasteiger partial charge is 0.226 e. The molecule has 0 spiro atoms. The Kier molecular flexibility index (Phi) is 6.16. The van der Waals surface area contributed by atoms with Crippen LogP contribution in [0.3, 0.4) is 0 Å². The number of benzene rings is 3. The molecule has 0 bridgehead atoms. The summed E-state index contributed by atoms with van der Waals surface area (Å²) in [7, 11) is 0. The Bertz CT molecular complexity index is 1550. The van der Waals surface area contributed by atoms with E-state index < -0.39 is 0 Å². The highest BCUT2D eigenvalue weighted by atomic mass is 32.1. The van der Waals surface area contributed by atoms with E-state index in [4.69, 9.17) is 21.2 Å². The summed E-state index contributed by atoms with van der Waals surface area (Å²) in [4.78, 5) is 17.2. The number of thiazole rings is 1. The quantitative estimate of drug-likeness (QED) is 0.290. The lowest BCUT2D eigenvalue weighted by atomic mass is 9.99. The third kappa shape index (κ3) is 4.96. The zero-order valence-electron chi connectivity index (χ0n) is 20.2. The summed E-state index contributed by atoms with van der Waals surface area (Å²) in [5.74, 6) is 1.46. The summed E-state index contributed by atoms with van der Waals surface area (Å²) in [6.45, 7) is 2.07. The highest BCUT2D eigenvalue weighted by Gasteiger charge is 2.21.